The minimum atomic E-state index is -0.549. The molecule has 1 atom stereocenters. The summed E-state index contributed by atoms with van der Waals surface area (Å²) in [6.07, 6.45) is 2.96. The van der Waals surface area contributed by atoms with Crippen LogP contribution in [0, 0.1) is 5.82 Å². The number of fused-ring (bicyclic) bond motifs is 2. The topological polar surface area (TPSA) is 74.3 Å². The zero-order valence-electron chi connectivity index (χ0n) is 19.9. The molecule has 5 nitrogen and oxygen atoms in total. The van der Waals surface area contributed by atoms with Gasteiger partial charge in [0.05, 0.1) is 24.8 Å². The van der Waals surface area contributed by atoms with E-state index in [2.05, 4.69) is 28.5 Å². The van der Waals surface area contributed by atoms with Gasteiger partial charge in [-0.05, 0) is 77.9 Å². The molecule has 5 aromatic rings. The highest BCUT2D eigenvalue weighted by Crippen LogP contribution is 2.35. The van der Waals surface area contributed by atoms with Crippen molar-refractivity contribution < 1.29 is 19.0 Å². The molecule has 184 valence electrons. The number of nitrogens with one attached hydrogen (secondary N) is 2. The average molecular weight is 503 g/mol. The molecule has 0 saturated heterocycles. The molecule has 1 amide bonds. The number of benzene rings is 3. The highest BCUT2D eigenvalue weighted by molar-refractivity contribution is 7.22. The molecule has 7 heteroatoms. The van der Waals surface area contributed by atoms with Crippen LogP contribution in [-0.4, -0.2) is 35.3 Å². The number of rotatable bonds is 9. The van der Waals surface area contributed by atoms with E-state index in [4.69, 9.17) is 4.74 Å². The van der Waals surface area contributed by atoms with E-state index in [1.807, 2.05) is 37.3 Å². The van der Waals surface area contributed by atoms with Crippen LogP contribution in [0.25, 0.3) is 31.4 Å². The van der Waals surface area contributed by atoms with Crippen LogP contribution in [0.3, 0.4) is 0 Å². The third kappa shape index (κ3) is 4.98. The summed E-state index contributed by atoms with van der Waals surface area (Å²) in [4.78, 5) is 17.6. The fraction of sp³-hybridized carbons (Fsp3) is 0.207. The van der Waals surface area contributed by atoms with Crippen molar-refractivity contribution in [1.29, 1.82) is 0 Å². The number of H-pyrrole nitrogens is 1. The fourth-order valence-corrected chi connectivity index (χ4v) is 5.39. The molecule has 0 aliphatic carbocycles. The number of thiophene rings is 1. The number of aliphatic hydroxyl groups is 1. The molecule has 0 aliphatic heterocycles. The summed E-state index contributed by atoms with van der Waals surface area (Å²) in [5.41, 5.74) is 2.98. The smallest absolute Gasteiger partial charge is 0.255 e. The SMILES string of the molecule is CCCOc1ccc(-c2cc3ccccc3s2)cc1C(=O)NC(CO)Cc1c[nH]c2ccc(F)cc12. The maximum Gasteiger partial charge on any atom is 0.255 e. The number of hydrogen-bond donors (Lipinski definition) is 3. The second-order valence-electron chi connectivity index (χ2n) is 8.77. The van der Waals surface area contributed by atoms with Crippen LogP contribution in [0.4, 0.5) is 4.39 Å². The lowest BCUT2D eigenvalue weighted by atomic mass is 10.0. The van der Waals surface area contributed by atoms with Crippen molar-refractivity contribution >= 4 is 38.2 Å². The van der Waals surface area contributed by atoms with Gasteiger partial charge in [0.2, 0.25) is 0 Å². The van der Waals surface area contributed by atoms with Crippen molar-refractivity contribution in [2.45, 2.75) is 25.8 Å². The number of amides is 1. The molecule has 3 N–H and O–H groups in total. The number of halogens is 1. The Kier molecular flexibility index (Phi) is 7.02. The lowest BCUT2D eigenvalue weighted by molar-refractivity contribution is 0.0912. The number of aliphatic hydroxyl groups excluding tert-OH is 1. The Labute approximate surface area is 212 Å². The molecule has 2 heterocycles. The van der Waals surface area contributed by atoms with Gasteiger partial charge in [0, 0.05) is 26.7 Å². The Morgan fingerprint density at radius 2 is 2.00 bits per heavy atom. The molecule has 2 aromatic heterocycles. The lowest BCUT2D eigenvalue weighted by Gasteiger charge is -2.18. The van der Waals surface area contributed by atoms with Crippen molar-refractivity contribution in [3.05, 3.63) is 89.9 Å². The standard InChI is InChI=1S/C29H27FN2O3S/c1-2-11-35-26-10-7-19(28-14-18-5-3-4-6-27(18)36-28)13-24(26)29(34)32-22(17-33)12-20-16-31-25-9-8-21(30)15-23(20)25/h3-10,13-16,22,31,33H,2,11-12,17H2,1H3,(H,32,34). The van der Waals surface area contributed by atoms with E-state index in [-0.39, 0.29) is 18.3 Å². The van der Waals surface area contributed by atoms with Crippen molar-refractivity contribution in [3.8, 4) is 16.2 Å². The van der Waals surface area contributed by atoms with Gasteiger partial charge in [0.15, 0.2) is 0 Å². The van der Waals surface area contributed by atoms with Crippen LogP contribution in [0.15, 0.2) is 72.9 Å². The summed E-state index contributed by atoms with van der Waals surface area (Å²) in [7, 11) is 0. The number of hydrogen-bond acceptors (Lipinski definition) is 4. The molecule has 0 fully saturated rings. The van der Waals surface area contributed by atoms with Gasteiger partial charge in [-0.3, -0.25) is 4.79 Å². The normalized spacial score (nSPS) is 12.2. The summed E-state index contributed by atoms with van der Waals surface area (Å²) >= 11 is 1.67. The summed E-state index contributed by atoms with van der Waals surface area (Å²) in [5, 5.41) is 14.9. The largest absolute Gasteiger partial charge is 0.493 e. The highest BCUT2D eigenvalue weighted by atomic mass is 32.1. The monoisotopic (exact) mass is 502 g/mol. The van der Waals surface area contributed by atoms with Crippen molar-refractivity contribution in [1.82, 2.24) is 10.3 Å². The van der Waals surface area contributed by atoms with Crippen LogP contribution < -0.4 is 10.1 Å². The summed E-state index contributed by atoms with van der Waals surface area (Å²) < 4.78 is 20.9. The number of carbonyl (C=O) groups is 1. The Morgan fingerprint density at radius 1 is 1.14 bits per heavy atom. The summed E-state index contributed by atoms with van der Waals surface area (Å²) in [6, 6.07) is 19.9. The first-order valence-corrected chi connectivity index (χ1v) is 12.8. The van der Waals surface area contributed by atoms with Crippen LogP contribution >= 0.6 is 11.3 Å². The van der Waals surface area contributed by atoms with Crippen LogP contribution in [0.5, 0.6) is 5.75 Å². The quantitative estimate of drug-likeness (QED) is 0.221. The third-order valence-corrected chi connectivity index (χ3v) is 7.31. The second-order valence-corrected chi connectivity index (χ2v) is 9.85. The molecule has 0 radical (unpaired) electrons. The van der Waals surface area contributed by atoms with Crippen LogP contribution in [0.1, 0.15) is 29.3 Å². The van der Waals surface area contributed by atoms with Crippen molar-refractivity contribution in [2.75, 3.05) is 13.2 Å². The van der Waals surface area contributed by atoms with Crippen molar-refractivity contribution in [2.24, 2.45) is 0 Å². The summed E-state index contributed by atoms with van der Waals surface area (Å²) in [6.45, 7) is 2.25. The van der Waals surface area contributed by atoms with E-state index in [9.17, 15) is 14.3 Å². The lowest BCUT2D eigenvalue weighted by Crippen LogP contribution is -2.39. The van der Waals surface area contributed by atoms with E-state index >= 15 is 0 Å². The van der Waals surface area contributed by atoms with Gasteiger partial charge in [-0.15, -0.1) is 11.3 Å². The number of ether oxygens (including phenoxy) is 1. The van der Waals surface area contributed by atoms with E-state index in [0.717, 1.165) is 38.7 Å². The molecule has 1 unspecified atom stereocenters. The molecule has 0 aliphatic rings. The predicted molar refractivity (Wildman–Crippen MR) is 143 cm³/mol. The molecular formula is C29H27FN2O3S. The van der Waals surface area contributed by atoms with Crippen molar-refractivity contribution in [3.63, 3.8) is 0 Å². The molecule has 36 heavy (non-hydrogen) atoms. The molecule has 0 bridgehead atoms. The van der Waals surface area contributed by atoms with E-state index in [1.54, 1.807) is 23.6 Å². The maximum atomic E-state index is 13.8. The van der Waals surface area contributed by atoms with E-state index < -0.39 is 6.04 Å². The number of carbonyl (C=O) groups excluding carboxylic acids is 1. The zero-order valence-corrected chi connectivity index (χ0v) is 20.7. The first-order valence-electron chi connectivity index (χ1n) is 12.0. The minimum absolute atomic E-state index is 0.255. The Morgan fingerprint density at radius 3 is 2.81 bits per heavy atom. The van der Waals surface area contributed by atoms with Gasteiger partial charge in [0.25, 0.3) is 5.91 Å². The Balaban J connectivity index is 1.42. The molecule has 0 saturated carbocycles. The fourth-order valence-electron chi connectivity index (χ4n) is 4.33. The van der Waals surface area contributed by atoms with Gasteiger partial charge in [-0.2, -0.15) is 0 Å². The molecule has 3 aromatic carbocycles. The third-order valence-electron chi connectivity index (χ3n) is 6.15. The molecule has 5 rings (SSSR count). The van der Waals surface area contributed by atoms with E-state index in [0.29, 0.717) is 24.3 Å². The Hall–Kier alpha value is -3.68. The Bertz CT molecular complexity index is 1490. The van der Waals surface area contributed by atoms with Gasteiger partial charge < -0.3 is 20.1 Å². The molecular weight excluding hydrogens is 475 g/mol. The highest BCUT2D eigenvalue weighted by Gasteiger charge is 2.20. The second kappa shape index (κ2) is 10.5. The predicted octanol–water partition coefficient (Wildman–Crippen LogP) is 6.31. The zero-order chi connectivity index (χ0) is 25.1. The van der Waals surface area contributed by atoms with E-state index in [1.165, 1.54) is 16.8 Å². The number of aromatic nitrogens is 1. The van der Waals surface area contributed by atoms with Crippen LogP contribution in [0.2, 0.25) is 0 Å². The van der Waals surface area contributed by atoms with Crippen LogP contribution in [-0.2, 0) is 6.42 Å². The van der Waals surface area contributed by atoms with Gasteiger partial charge >= 0.3 is 0 Å². The average Bonchev–Trinajstić information content (AvgIpc) is 3.51. The first-order chi connectivity index (χ1) is 17.6. The van der Waals surface area contributed by atoms with Gasteiger partial charge in [-0.25, -0.2) is 4.39 Å². The maximum absolute atomic E-state index is 13.8. The summed E-state index contributed by atoms with van der Waals surface area (Å²) in [5.74, 6) is -0.150. The number of aromatic amines is 1. The van der Waals surface area contributed by atoms with Gasteiger partial charge in [-0.1, -0.05) is 25.1 Å². The van der Waals surface area contributed by atoms with Gasteiger partial charge in [0.1, 0.15) is 11.6 Å². The molecule has 0 spiro atoms. The first kappa shape index (κ1) is 24.0. The minimum Gasteiger partial charge on any atom is -0.493 e.